The maximum atomic E-state index is 9.46. The molecule has 129 valence electrons. The van der Waals surface area contributed by atoms with Gasteiger partial charge in [0.25, 0.3) is 0 Å². The third kappa shape index (κ3) is 6.67. The first-order valence-electron chi connectivity index (χ1n) is 7.81. The van der Waals surface area contributed by atoms with Gasteiger partial charge in [-0.3, -0.25) is 0 Å². The van der Waals surface area contributed by atoms with Crippen LogP contribution in [-0.4, -0.2) is 10.2 Å². The van der Waals surface area contributed by atoms with Crippen LogP contribution in [0.4, 0.5) is 0 Å². The molecule has 0 atom stereocenters. The first-order valence-corrected chi connectivity index (χ1v) is 7.81. The van der Waals surface area contributed by atoms with Gasteiger partial charge in [-0.2, -0.15) is 0 Å². The first-order chi connectivity index (χ1) is 10.2. The van der Waals surface area contributed by atoms with Crippen molar-refractivity contribution in [2.75, 3.05) is 0 Å². The average Bonchev–Trinajstić information content (AvgIpc) is 2.38. The fraction of sp³-hybridized carbons (Fsp3) is 0.400. The van der Waals surface area contributed by atoms with Gasteiger partial charge in [0, 0.05) is 16.8 Å². The van der Waals surface area contributed by atoms with Gasteiger partial charge in [0.05, 0.1) is 0 Å². The van der Waals surface area contributed by atoms with Crippen LogP contribution in [0.15, 0.2) is 36.4 Å². The second kappa shape index (κ2) is 9.63. The Morgan fingerprint density at radius 1 is 0.652 bits per heavy atom. The van der Waals surface area contributed by atoms with Crippen LogP contribution in [0, 0.1) is 13.8 Å². The van der Waals surface area contributed by atoms with Crippen molar-refractivity contribution in [1.82, 2.24) is 0 Å². The van der Waals surface area contributed by atoms with Gasteiger partial charge < -0.3 is 10.2 Å². The summed E-state index contributed by atoms with van der Waals surface area (Å²) in [4.78, 5) is 0. The van der Waals surface area contributed by atoms with Crippen LogP contribution in [-0.2, 0) is 16.8 Å². The summed E-state index contributed by atoms with van der Waals surface area (Å²) in [5, 5.41) is 18.9. The molecule has 0 heterocycles. The van der Waals surface area contributed by atoms with Gasteiger partial charge in [-0.1, -0.05) is 52.0 Å². The molecule has 0 aliphatic carbocycles. The summed E-state index contributed by atoms with van der Waals surface area (Å²) in [6.07, 6.45) is 0. The molecule has 3 heteroatoms. The molecule has 2 aromatic rings. The molecule has 0 aromatic heterocycles. The second-order valence-corrected chi connectivity index (χ2v) is 6.43. The maximum Gasteiger partial charge on any atom is 0.119 e. The Hall–Kier alpha value is -1.45. The van der Waals surface area contributed by atoms with Gasteiger partial charge in [-0.25, -0.2) is 0 Å². The van der Waals surface area contributed by atoms with Gasteiger partial charge in [0.1, 0.15) is 11.5 Å². The normalized spacial score (nSPS) is 10.1. The number of aromatic hydroxyl groups is 2. The summed E-state index contributed by atoms with van der Waals surface area (Å²) < 4.78 is 0. The number of aryl methyl sites for hydroxylation is 2. The number of hydrogen-bond acceptors (Lipinski definition) is 2. The fourth-order valence-corrected chi connectivity index (χ4v) is 2.28. The van der Waals surface area contributed by atoms with E-state index in [0.29, 0.717) is 23.3 Å². The molecule has 2 rings (SSSR count). The molecule has 0 amide bonds. The molecule has 23 heavy (non-hydrogen) atoms. The van der Waals surface area contributed by atoms with Gasteiger partial charge in [0.15, 0.2) is 0 Å². The maximum absolute atomic E-state index is 9.46. The van der Waals surface area contributed by atoms with Crippen LogP contribution in [0.3, 0.4) is 0 Å². The summed E-state index contributed by atoms with van der Waals surface area (Å²) >= 11 is 0. The Labute approximate surface area is 150 Å². The van der Waals surface area contributed by atoms with Crippen LogP contribution in [0.1, 0.15) is 61.8 Å². The number of benzene rings is 2. The largest absolute Gasteiger partial charge is 0.508 e. The van der Waals surface area contributed by atoms with Crippen LogP contribution in [0.2, 0.25) is 0 Å². The minimum absolute atomic E-state index is 0. The van der Waals surface area contributed by atoms with E-state index in [9.17, 15) is 10.2 Å². The molecule has 2 nitrogen and oxygen atoms in total. The van der Waals surface area contributed by atoms with Crippen molar-refractivity contribution in [3.63, 3.8) is 0 Å². The Morgan fingerprint density at radius 3 is 1.17 bits per heavy atom. The quantitative estimate of drug-likeness (QED) is 0.728. The van der Waals surface area contributed by atoms with Gasteiger partial charge >= 0.3 is 0 Å². The topological polar surface area (TPSA) is 40.5 Å². The average molecular weight is 359 g/mol. The zero-order valence-electron chi connectivity index (χ0n) is 14.8. The molecule has 0 saturated heterocycles. The van der Waals surface area contributed by atoms with Crippen molar-refractivity contribution in [2.45, 2.75) is 53.4 Å². The summed E-state index contributed by atoms with van der Waals surface area (Å²) in [5.41, 5.74) is 4.25. The third-order valence-corrected chi connectivity index (χ3v) is 3.62. The van der Waals surface area contributed by atoms with Crippen molar-refractivity contribution in [3.8, 4) is 11.5 Å². The van der Waals surface area contributed by atoms with Crippen molar-refractivity contribution in [3.05, 3.63) is 58.7 Å². The standard InChI is InChI=1S/2C10H14O.Co/c2*1-7(2)9-5-4-8(3)6-10(9)11;/h2*4-7,11H,1-3H3;. The number of hydrogen-bond donors (Lipinski definition) is 2. The molecular weight excluding hydrogens is 331 g/mol. The third-order valence-electron chi connectivity index (χ3n) is 3.62. The van der Waals surface area contributed by atoms with Crippen LogP contribution < -0.4 is 0 Å². The van der Waals surface area contributed by atoms with Crippen molar-refractivity contribution in [2.24, 2.45) is 0 Å². The molecule has 0 spiro atoms. The smallest absolute Gasteiger partial charge is 0.119 e. The summed E-state index contributed by atoms with van der Waals surface area (Å²) in [5.74, 6) is 1.63. The zero-order valence-corrected chi connectivity index (χ0v) is 15.9. The van der Waals surface area contributed by atoms with E-state index in [4.69, 9.17) is 0 Å². The van der Waals surface area contributed by atoms with Crippen LogP contribution >= 0.6 is 0 Å². The zero-order chi connectivity index (χ0) is 16.9. The predicted octanol–water partition coefficient (Wildman–Crippen LogP) is 5.65. The first kappa shape index (κ1) is 21.5. The van der Waals surface area contributed by atoms with Gasteiger partial charge in [-0.15, -0.1) is 0 Å². The van der Waals surface area contributed by atoms with E-state index in [0.717, 1.165) is 22.3 Å². The van der Waals surface area contributed by atoms with Gasteiger partial charge in [-0.05, 0) is 60.1 Å². The Bertz CT molecular complexity index is 564. The predicted molar refractivity (Wildman–Crippen MR) is 93.9 cm³/mol. The molecule has 0 fully saturated rings. The van der Waals surface area contributed by atoms with Crippen LogP contribution in [0.5, 0.6) is 11.5 Å². The molecule has 0 bridgehead atoms. The molecule has 2 aromatic carbocycles. The molecule has 1 radical (unpaired) electrons. The van der Waals surface area contributed by atoms with E-state index in [1.54, 1.807) is 12.1 Å². The minimum Gasteiger partial charge on any atom is -0.508 e. The van der Waals surface area contributed by atoms with Crippen LogP contribution in [0.25, 0.3) is 0 Å². The van der Waals surface area contributed by atoms with E-state index in [1.165, 1.54) is 0 Å². The Morgan fingerprint density at radius 2 is 0.957 bits per heavy atom. The van der Waals surface area contributed by atoms with Gasteiger partial charge in [0.2, 0.25) is 0 Å². The molecule has 0 aliphatic rings. The summed E-state index contributed by atoms with van der Waals surface area (Å²) in [6, 6.07) is 11.6. The van der Waals surface area contributed by atoms with E-state index >= 15 is 0 Å². The van der Waals surface area contributed by atoms with E-state index in [-0.39, 0.29) is 16.8 Å². The molecule has 0 unspecified atom stereocenters. The fourth-order valence-electron chi connectivity index (χ4n) is 2.28. The summed E-state index contributed by atoms with van der Waals surface area (Å²) in [7, 11) is 0. The number of phenolic OH excluding ortho intramolecular Hbond substituents is 2. The minimum atomic E-state index is 0. The summed E-state index contributed by atoms with van der Waals surface area (Å²) in [6.45, 7) is 12.2. The SMILES string of the molecule is Cc1ccc(C(C)C)c(O)c1.Cc1ccc(C(C)C)c(O)c1.[Co]. The van der Waals surface area contributed by atoms with E-state index in [2.05, 4.69) is 27.7 Å². The second-order valence-electron chi connectivity index (χ2n) is 6.43. The van der Waals surface area contributed by atoms with Crippen molar-refractivity contribution < 1.29 is 27.0 Å². The molecule has 0 aliphatic heterocycles. The van der Waals surface area contributed by atoms with Crippen molar-refractivity contribution >= 4 is 0 Å². The Kier molecular flexibility index (Phi) is 9.02. The number of phenols is 2. The van der Waals surface area contributed by atoms with Crippen molar-refractivity contribution in [1.29, 1.82) is 0 Å². The monoisotopic (exact) mass is 359 g/mol. The molecular formula is C20H28CoO2. The Balaban J connectivity index is 0.000000403. The van der Waals surface area contributed by atoms with E-state index in [1.807, 2.05) is 38.1 Å². The molecule has 2 N–H and O–H groups in total. The van der Waals surface area contributed by atoms with E-state index < -0.39 is 0 Å². The molecule has 0 saturated carbocycles. The number of rotatable bonds is 2.